The highest BCUT2D eigenvalue weighted by atomic mass is 16.5. The Balaban J connectivity index is 1.74. The summed E-state index contributed by atoms with van der Waals surface area (Å²) in [5.74, 6) is 2.37. The van der Waals surface area contributed by atoms with Gasteiger partial charge in [-0.15, -0.1) is 0 Å². The third-order valence-corrected chi connectivity index (χ3v) is 4.02. The Bertz CT molecular complexity index is 752. The molecule has 2 aromatic heterocycles. The fraction of sp³-hybridized carbons (Fsp3) is 0.529. The highest BCUT2D eigenvalue weighted by molar-refractivity contribution is 5.75. The molecule has 0 saturated carbocycles. The van der Waals surface area contributed by atoms with Crippen molar-refractivity contribution in [2.45, 2.75) is 13.8 Å². The van der Waals surface area contributed by atoms with E-state index >= 15 is 0 Å². The zero-order valence-electron chi connectivity index (χ0n) is 15.9. The number of nitrogens with zero attached hydrogens (tertiary/aromatic N) is 5. The molecule has 3 heterocycles. The van der Waals surface area contributed by atoms with Gasteiger partial charge in [0.25, 0.3) is 0 Å². The summed E-state index contributed by atoms with van der Waals surface area (Å²) in [6.45, 7) is 7.76. The molecule has 10 nitrogen and oxygen atoms in total. The fourth-order valence-electron chi connectivity index (χ4n) is 2.41. The van der Waals surface area contributed by atoms with E-state index in [1.807, 2.05) is 31.9 Å². The van der Waals surface area contributed by atoms with Crippen LogP contribution in [0.5, 0.6) is 6.01 Å². The largest absolute Gasteiger partial charge is 0.462 e. The normalized spacial score (nSPS) is 14.7. The number of nitrogens with one attached hydrogen (secondary N) is 2. The Hall–Kier alpha value is -2.72. The quantitative estimate of drug-likeness (QED) is 0.396. The summed E-state index contributed by atoms with van der Waals surface area (Å²) in [7, 11) is 1.86. The van der Waals surface area contributed by atoms with Crippen molar-refractivity contribution in [1.82, 2.24) is 20.3 Å². The van der Waals surface area contributed by atoms with Crippen molar-refractivity contribution in [2.24, 2.45) is 5.10 Å². The van der Waals surface area contributed by atoms with Crippen molar-refractivity contribution in [1.29, 1.82) is 0 Å². The number of furan rings is 1. The number of rotatable bonds is 8. The Morgan fingerprint density at radius 3 is 2.78 bits per heavy atom. The lowest BCUT2D eigenvalue weighted by atomic mass is 10.3. The second kappa shape index (κ2) is 9.28. The summed E-state index contributed by atoms with van der Waals surface area (Å²) in [6, 6.07) is 2.15. The van der Waals surface area contributed by atoms with Crippen LogP contribution in [0.2, 0.25) is 0 Å². The Morgan fingerprint density at radius 1 is 1.26 bits per heavy atom. The minimum atomic E-state index is 0.271. The molecule has 10 heteroatoms. The maximum atomic E-state index is 5.62. The lowest BCUT2D eigenvalue weighted by Gasteiger charge is -2.26. The van der Waals surface area contributed by atoms with Crippen molar-refractivity contribution in [3.05, 3.63) is 23.2 Å². The molecule has 1 aliphatic rings. The molecule has 0 radical (unpaired) electrons. The molecule has 0 unspecified atom stereocenters. The highest BCUT2D eigenvalue weighted by Crippen LogP contribution is 2.18. The van der Waals surface area contributed by atoms with Gasteiger partial charge < -0.3 is 24.1 Å². The number of hydrazone groups is 1. The molecule has 0 atom stereocenters. The van der Waals surface area contributed by atoms with Crippen LogP contribution in [-0.2, 0) is 4.74 Å². The van der Waals surface area contributed by atoms with E-state index < -0.39 is 0 Å². The molecular weight excluding hydrogens is 350 g/mol. The number of hydrogen-bond acceptors (Lipinski definition) is 10. The first-order valence-electron chi connectivity index (χ1n) is 8.88. The predicted molar refractivity (Wildman–Crippen MR) is 102 cm³/mol. The zero-order valence-corrected chi connectivity index (χ0v) is 15.9. The Labute approximate surface area is 158 Å². The lowest BCUT2D eigenvalue weighted by Crippen LogP contribution is -2.37. The van der Waals surface area contributed by atoms with Crippen LogP contribution >= 0.6 is 0 Å². The molecule has 27 heavy (non-hydrogen) atoms. The van der Waals surface area contributed by atoms with Gasteiger partial charge in [0.15, 0.2) is 5.82 Å². The summed E-state index contributed by atoms with van der Waals surface area (Å²) in [4.78, 5) is 15.2. The van der Waals surface area contributed by atoms with Gasteiger partial charge in [0.1, 0.15) is 12.4 Å². The molecule has 1 saturated heterocycles. The summed E-state index contributed by atoms with van der Waals surface area (Å²) in [6.07, 6.45) is 1.52. The van der Waals surface area contributed by atoms with Crippen LogP contribution < -0.4 is 20.4 Å². The monoisotopic (exact) mass is 375 g/mol. The standard InChI is InChI=1S/C17H25N7O3/c1-12-10-15(27-13(12)2)23-19-11-14-20-16(24-5-8-25-9-6-24)22-17(21-14)26-7-4-18-3/h10-11,18,23H,4-9H2,1-3H3/b19-11+. The van der Waals surface area contributed by atoms with Crippen molar-refractivity contribution in [3.8, 4) is 6.01 Å². The Morgan fingerprint density at radius 2 is 2.07 bits per heavy atom. The number of hydrogen-bond donors (Lipinski definition) is 2. The third-order valence-electron chi connectivity index (χ3n) is 4.02. The predicted octanol–water partition coefficient (Wildman–Crippen LogP) is 0.962. The second-order valence-electron chi connectivity index (χ2n) is 6.05. The molecule has 0 aromatic carbocycles. The van der Waals surface area contributed by atoms with E-state index in [0.29, 0.717) is 44.0 Å². The first kappa shape index (κ1) is 19.1. The molecule has 2 N–H and O–H groups in total. The highest BCUT2D eigenvalue weighted by Gasteiger charge is 2.16. The fourth-order valence-corrected chi connectivity index (χ4v) is 2.41. The minimum Gasteiger partial charge on any atom is -0.462 e. The summed E-state index contributed by atoms with van der Waals surface area (Å²) >= 11 is 0. The van der Waals surface area contributed by atoms with Gasteiger partial charge in [0.2, 0.25) is 11.8 Å². The van der Waals surface area contributed by atoms with Crippen molar-refractivity contribution in [3.63, 3.8) is 0 Å². The van der Waals surface area contributed by atoms with Crippen LogP contribution in [0, 0.1) is 13.8 Å². The molecule has 0 aliphatic carbocycles. The first-order valence-corrected chi connectivity index (χ1v) is 8.88. The Kier molecular flexibility index (Phi) is 6.55. The number of anilines is 2. The van der Waals surface area contributed by atoms with Gasteiger partial charge in [-0.1, -0.05) is 0 Å². The van der Waals surface area contributed by atoms with Crippen LogP contribution in [-0.4, -0.2) is 67.7 Å². The smallest absolute Gasteiger partial charge is 0.321 e. The zero-order chi connectivity index (χ0) is 19.1. The molecule has 2 aromatic rings. The SMILES string of the molecule is CNCCOc1nc(/C=N/Nc2cc(C)c(C)o2)nc(N2CCOCC2)n1. The number of aromatic nitrogens is 3. The maximum absolute atomic E-state index is 5.62. The van der Waals surface area contributed by atoms with E-state index in [-0.39, 0.29) is 6.01 Å². The first-order chi connectivity index (χ1) is 13.2. The van der Waals surface area contributed by atoms with Gasteiger partial charge in [0.05, 0.1) is 19.4 Å². The lowest BCUT2D eigenvalue weighted by molar-refractivity contribution is 0.122. The molecule has 1 fully saturated rings. The van der Waals surface area contributed by atoms with E-state index in [2.05, 4.69) is 30.8 Å². The number of likely N-dealkylation sites (N-methyl/N-ethyl adjacent to an activating group) is 1. The average molecular weight is 375 g/mol. The summed E-state index contributed by atoms with van der Waals surface area (Å²) in [5, 5.41) is 7.18. The van der Waals surface area contributed by atoms with Crippen LogP contribution in [0.4, 0.5) is 11.8 Å². The van der Waals surface area contributed by atoms with Crippen LogP contribution in [0.1, 0.15) is 17.1 Å². The summed E-state index contributed by atoms with van der Waals surface area (Å²) in [5.41, 5.74) is 3.90. The van der Waals surface area contributed by atoms with Crippen LogP contribution in [0.25, 0.3) is 0 Å². The van der Waals surface area contributed by atoms with Gasteiger partial charge in [-0.2, -0.15) is 20.1 Å². The van der Waals surface area contributed by atoms with Gasteiger partial charge in [-0.05, 0) is 26.5 Å². The number of ether oxygens (including phenoxy) is 2. The van der Waals surface area contributed by atoms with E-state index in [9.17, 15) is 0 Å². The molecular formula is C17H25N7O3. The molecule has 3 rings (SSSR count). The van der Waals surface area contributed by atoms with Crippen molar-refractivity contribution >= 4 is 18.0 Å². The van der Waals surface area contributed by atoms with E-state index in [4.69, 9.17) is 13.9 Å². The second-order valence-corrected chi connectivity index (χ2v) is 6.05. The average Bonchev–Trinajstić information content (AvgIpc) is 3.00. The van der Waals surface area contributed by atoms with Crippen LogP contribution in [0.15, 0.2) is 15.6 Å². The minimum absolute atomic E-state index is 0.271. The molecule has 0 bridgehead atoms. The molecule has 0 amide bonds. The van der Waals surface area contributed by atoms with Crippen molar-refractivity contribution in [2.75, 3.05) is 56.8 Å². The van der Waals surface area contributed by atoms with E-state index in [1.165, 1.54) is 6.21 Å². The van der Waals surface area contributed by atoms with E-state index in [1.54, 1.807) is 0 Å². The molecule has 146 valence electrons. The maximum Gasteiger partial charge on any atom is 0.321 e. The van der Waals surface area contributed by atoms with Gasteiger partial charge in [-0.25, -0.2) is 5.43 Å². The van der Waals surface area contributed by atoms with Crippen LogP contribution in [0.3, 0.4) is 0 Å². The van der Waals surface area contributed by atoms with Crippen molar-refractivity contribution < 1.29 is 13.9 Å². The van der Waals surface area contributed by atoms with Gasteiger partial charge in [0, 0.05) is 25.7 Å². The van der Waals surface area contributed by atoms with Gasteiger partial charge >= 0.3 is 6.01 Å². The van der Waals surface area contributed by atoms with E-state index in [0.717, 1.165) is 24.4 Å². The number of morpholine rings is 1. The number of aryl methyl sites for hydroxylation is 2. The molecule has 1 aliphatic heterocycles. The van der Waals surface area contributed by atoms with Gasteiger partial charge in [-0.3, -0.25) is 0 Å². The third kappa shape index (κ3) is 5.38. The molecule has 0 spiro atoms. The topological polar surface area (TPSA) is 110 Å². The summed E-state index contributed by atoms with van der Waals surface area (Å²) < 4.78 is 16.5.